The highest BCUT2D eigenvalue weighted by Gasteiger charge is 2.36. The van der Waals surface area contributed by atoms with E-state index < -0.39 is 0 Å². The van der Waals surface area contributed by atoms with Crippen molar-refractivity contribution in [3.8, 4) is 5.75 Å². The molecule has 24 heavy (non-hydrogen) atoms. The molecule has 3 rings (SSSR count). The Bertz CT molecular complexity index is 687. The monoisotopic (exact) mass is 326 g/mol. The second kappa shape index (κ2) is 7.54. The third-order valence-corrected chi connectivity index (χ3v) is 3.74. The first kappa shape index (κ1) is 15.9. The Kier molecular flexibility index (Phi) is 5.00. The summed E-state index contributed by atoms with van der Waals surface area (Å²) < 4.78 is 5.51. The van der Waals surface area contributed by atoms with Crippen LogP contribution in [-0.2, 0) is 4.79 Å². The van der Waals surface area contributed by atoms with Gasteiger partial charge in [-0.2, -0.15) is 0 Å². The van der Waals surface area contributed by atoms with Gasteiger partial charge in [0.05, 0.1) is 18.7 Å². The van der Waals surface area contributed by atoms with Gasteiger partial charge in [0.25, 0.3) is 5.91 Å². The number of para-hydroxylation sites is 1. The van der Waals surface area contributed by atoms with Gasteiger partial charge < -0.3 is 15.0 Å². The van der Waals surface area contributed by atoms with E-state index in [2.05, 4.69) is 15.3 Å². The summed E-state index contributed by atoms with van der Waals surface area (Å²) >= 11 is 0. The largest absolute Gasteiger partial charge is 0.492 e. The SMILES string of the molecule is O=C(NCCOc1ccccc1)C1CN(C(=O)c2cnccn2)C1. The molecule has 2 heterocycles. The number of carbonyl (C=O) groups is 2. The quantitative estimate of drug-likeness (QED) is 0.792. The van der Waals surface area contributed by atoms with Crippen LogP contribution in [0.5, 0.6) is 5.75 Å². The fraction of sp³-hybridized carbons (Fsp3) is 0.294. The fourth-order valence-corrected chi connectivity index (χ4v) is 2.39. The molecule has 0 radical (unpaired) electrons. The molecule has 1 aromatic carbocycles. The lowest BCUT2D eigenvalue weighted by atomic mass is 9.99. The van der Waals surface area contributed by atoms with Crippen LogP contribution in [0.2, 0.25) is 0 Å². The van der Waals surface area contributed by atoms with E-state index in [4.69, 9.17) is 4.74 Å². The van der Waals surface area contributed by atoms with Gasteiger partial charge in [-0.05, 0) is 12.1 Å². The first-order valence-corrected chi connectivity index (χ1v) is 7.75. The van der Waals surface area contributed by atoms with Crippen molar-refractivity contribution in [2.24, 2.45) is 5.92 Å². The maximum atomic E-state index is 12.1. The predicted octanol–water partition coefficient (Wildman–Crippen LogP) is 0.744. The molecule has 0 unspecified atom stereocenters. The second-order valence-electron chi connectivity index (χ2n) is 5.45. The standard InChI is InChI=1S/C17H18N4O3/c22-16(20-8-9-24-14-4-2-1-3-5-14)13-11-21(12-13)17(23)15-10-18-6-7-19-15/h1-7,10,13H,8-9,11-12H2,(H,20,22). The summed E-state index contributed by atoms with van der Waals surface area (Å²) in [5.41, 5.74) is 0.299. The molecule has 1 N–H and O–H groups in total. The molecule has 0 spiro atoms. The van der Waals surface area contributed by atoms with Crippen LogP contribution >= 0.6 is 0 Å². The molecule has 1 fully saturated rings. The first-order valence-electron chi connectivity index (χ1n) is 7.75. The van der Waals surface area contributed by atoms with Gasteiger partial charge in [-0.1, -0.05) is 18.2 Å². The second-order valence-corrected chi connectivity index (χ2v) is 5.45. The molecule has 2 amide bonds. The lowest BCUT2D eigenvalue weighted by molar-refractivity contribution is -0.129. The Labute approximate surface area is 139 Å². The van der Waals surface area contributed by atoms with Gasteiger partial charge >= 0.3 is 0 Å². The zero-order chi connectivity index (χ0) is 16.8. The molecular weight excluding hydrogens is 308 g/mol. The number of nitrogens with one attached hydrogen (secondary N) is 1. The molecule has 7 heteroatoms. The molecule has 124 valence electrons. The van der Waals surface area contributed by atoms with Crippen LogP contribution in [0.4, 0.5) is 0 Å². The molecule has 1 aromatic heterocycles. The minimum Gasteiger partial charge on any atom is -0.492 e. The number of ether oxygens (including phenoxy) is 1. The smallest absolute Gasteiger partial charge is 0.274 e. The minimum atomic E-state index is -0.195. The van der Waals surface area contributed by atoms with Crippen molar-refractivity contribution in [1.82, 2.24) is 20.2 Å². The van der Waals surface area contributed by atoms with Crippen molar-refractivity contribution >= 4 is 11.8 Å². The van der Waals surface area contributed by atoms with Crippen LogP contribution in [0.25, 0.3) is 0 Å². The van der Waals surface area contributed by atoms with Gasteiger partial charge in [0.2, 0.25) is 5.91 Å². The van der Waals surface area contributed by atoms with Crippen LogP contribution in [0.15, 0.2) is 48.9 Å². The fourth-order valence-electron chi connectivity index (χ4n) is 2.39. The summed E-state index contributed by atoms with van der Waals surface area (Å²) in [5.74, 6) is 0.341. The maximum absolute atomic E-state index is 12.1. The highest BCUT2D eigenvalue weighted by atomic mass is 16.5. The number of rotatable bonds is 6. The number of hydrogen-bond acceptors (Lipinski definition) is 5. The normalized spacial score (nSPS) is 13.9. The van der Waals surface area contributed by atoms with Gasteiger partial charge in [0.15, 0.2) is 0 Å². The molecule has 1 aliphatic rings. The Morgan fingerprint density at radius 1 is 1.21 bits per heavy atom. The van der Waals surface area contributed by atoms with Crippen LogP contribution in [0.3, 0.4) is 0 Å². The van der Waals surface area contributed by atoms with Gasteiger partial charge in [-0.25, -0.2) is 4.98 Å². The average Bonchev–Trinajstić information content (AvgIpc) is 2.59. The van der Waals surface area contributed by atoms with E-state index in [-0.39, 0.29) is 17.7 Å². The predicted molar refractivity (Wildman–Crippen MR) is 86.4 cm³/mol. The number of hydrogen-bond donors (Lipinski definition) is 1. The summed E-state index contributed by atoms with van der Waals surface area (Å²) in [5, 5.41) is 2.82. The van der Waals surface area contributed by atoms with E-state index in [0.29, 0.717) is 31.9 Å². The maximum Gasteiger partial charge on any atom is 0.274 e. The number of likely N-dealkylation sites (tertiary alicyclic amines) is 1. The van der Waals surface area contributed by atoms with E-state index in [9.17, 15) is 9.59 Å². The van der Waals surface area contributed by atoms with Crippen LogP contribution in [-0.4, -0.2) is 52.9 Å². The van der Waals surface area contributed by atoms with Gasteiger partial charge in [0.1, 0.15) is 18.1 Å². The molecule has 0 aliphatic carbocycles. The van der Waals surface area contributed by atoms with Gasteiger partial charge in [-0.15, -0.1) is 0 Å². The lowest BCUT2D eigenvalue weighted by Gasteiger charge is -2.37. The van der Waals surface area contributed by atoms with Gasteiger partial charge in [0, 0.05) is 25.5 Å². The van der Waals surface area contributed by atoms with Crippen molar-refractivity contribution in [2.45, 2.75) is 0 Å². The summed E-state index contributed by atoms with van der Waals surface area (Å²) in [4.78, 5) is 33.5. The molecular formula is C17H18N4O3. The molecule has 0 saturated carbocycles. The highest BCUT2D eigenvalue weighted by Crippen LogP contribution is 2.17. The van der Waals surface area contributed by atoms with E-state index in [1.165, 1.54) is 18.6 Å². The molecule has 2 aromatic rings. The average molecular weight is 326 g/mol. The van der Waals surface area contributed by atoms with Crippen LogP contribution < -0.4 is 10.1 Å². The van der Waals surface area contributed by atoms with E-state index in [1.807, 2.05) is 30.3 Å². The number of amides is 2. The van der Waals surface area contributed by atoms with E-state index in [0.717, 1.165) is 5.75 Å². The zero-order valence-electron chi connectivity index (χ0n) is 13.1. The number of carbonyl (C=O) groups excluding carboxylic acids is 2. The van der Waals surface area contributed by atoms with Crippen molar-refractivity contribution in [2.75, 3.05) is 26.2 Å². The Morgan fingerprint density at radius 3 is 2.71 bits per heavy atom. The Hall–Kier alpha value is -2.96. The van der Waals surface area contributed by atoms with Crippen molar-refractivity contribution < 1.29 is 14.3 Å². The minimum absolute atomic E-state index is 0.0603. The summed E-state index contributed by atoms with van der Waals surface area (Å²) in [7, 11) is 0. The summed E-state index contributed by atoms with van der Waals surface area (Å²) in [6, 6.07) is 9.43. The lowest BCUT2D eigenvalue weighted by Crippen LogP contribution is -2.56. The van der Waals surface area contributed by atoms with E-state index in [1.54, 1.807) is 4.90 Å². The molecule has 1 saturated heterocycles. The summed E-state index contributed by atoms with van der Waals surface area (Å²) in [6.07, 6.45) is 4.42. The highest BCUT2D eigenvalue weighted by molar-refractivity contribution is 5.94. The van der Waals surface area contributed by atoms with E-state index >= 15 is 0 Å². The van der Waals surface area contributed by atoms with Crippen molar-refractivity contribution in [3.63, 3.8) is 0 Å². The number of benzene rings is 1. The van der Waals surface area contributed by atoms with Crippen LogP contribution in [0, 0.1) is 5.92 Å². The van der Waals surface area contributed by atoms with Gasteiger partial charge in [-0.3, -0.25) is 14.6 Å². The number of nitrogens with zero attached hydrogens (tertiary/aromatic N) is 3. The first-order chi connectivity index (χ1) is 11.7. The summed E-state index contributed by atoms with van der Waals surface area (Å²) in [6.45, 7) is 1.65. The van der Waals surface area contributed by atoms with Crippen molar-refractivity contribution in [1.29, 1.82) is 0 Å². The van der Waals surface area contributed by atoms with Crippen LogP contribution in [0.1, 0.15) is 10.5 Å². The Balaban J connectivity index is 1.35. The molecule has 0 atom stereocenters. The molecule has 1 aliphatic heterocycles. The topological polar surface area (TPSA) is 84.4 Å². The molecule has 0 bridgehead atoms. The zero-order valence-corrected chi connectivity index (χ0v) is 13.1. The Morgan fingerprint density at radius 2 is 2.00 bits per heavy atom. The molecule has 7 nitrogen and oxygen atoms in total. The third-order valence-electron chi connectivity index (χ3n) is 3.74. The van der Waals surface area contributed by atoms with Crippen molar-refractivity contribution in [3.05, 3.63) is 54.6 Å². The third kappa shape index (κ3) is 3.87. The number of aromatic nitrogens is 2.